The molecule has 0 radical (unpaired) electrons. The molecule has 0 unspecified atom stereocenters. The molecule has 3 rings (SSSR count). The van der Waals surface area contributed by atoms with Crippen LogP contribution in [0.3, 0.4) is 0 Å². The molecule has 3 aromatic rings. The van der Waals surface area contributed by atoms with E-state index < -0.39 is 11.8 Å². The summed E-state index contributed by atoms with van der Waals surface area (Å²) in [5, 5.41) is 5.15. The van der Waals surface area contributed by atoms with E-state index in [9.17, 15) is 9.59 Å². The standard InChI is InChI=1S/C19H19N3O6/c1-25-14-6-5-12(10-16(14)26-2)7-8-20-17(23)13-11-28-19(21-13)22-18(24)15-4-3-9-27-15/h3-6,9-11H,7-8H2,1-2H3,(H,20,23)(H,21,22,24). The van der Waals surface area contributed by atoms with Crippen molar-refractivity contribution in [2.24, 2.45) is 0 Å². The predicted molar refractivity (Wildman–Crippen MR) is 98.7 cm³/mol. The lowest BCUT2D eigenvalue weighted by molar-refractivity contribution is 0.0947. The monoisotopic (exact) mass is 385 g/mol. The van der Waals surface area contributed by atoms with Crippen LogP contribution in [0.5, 0.6) is 11.5 Å². The summed E-state index contributed by atoms with van der Waals surface area (Å²) in [5.41, 5.74) is 1.03. The van der Waals surface area contributed by atoms with Crippen LogP contribution >= 0.6 is 0 Å². The first-order valence-electron chi connectivity index (χ1n) is 8.40. The number of anilines is 1. The number of nitrogens with zero attached hydrogens (tertiary/aromatic N) is 1. The first-order chi connectivity index (χ1) is 13.6. The Morgan fingerprint density at radius 3 is 2.61 bits per heavy atom. The predicted octanol–water partition coefficient (Wildman–Crippen LogP) is 2.51. The van der Waals surface area contributed by atoms with Gasteiger partial charge in [-0.15, -0.1) is 0 Å². The molecule has 0 fully saturated rings. The molecule has 0 aliphatic heterocycles. The summed E-state index contributed by atoms with van der Waals surface area (Å²) in [4.78, 5) is 28.0. The van der Waals surface area contributed by atoms with E-state index in [4.69, 9.17) is 18.3 Å². The highest BCUT2D eigenvalue weighted by atomic mass is 16.5. The number of amides is 2. The van der Waals surface area contributed by atoms with E-state index in [2.05, 4.69) is 15.6 Å². The van der Waals surface area contributed by atoms with Gasteiger partial charge in [-0.2, -0.15) is 4.98 Å². The quantitative estimate of drug-likeness (QED) is 0.612. The first kappa shape index (κ1) is 19.0. The molecule has 0 saturated carbocycles. The van der Waals surface area contributed by atoms with Crippen LogP contribution in [0.25, 0.3) is 0 Å². The number of methoxy groups -OCH3 is 2. The molecule has 0 atom stereocenters. The maximum Gasteiger partial charge on any atom is 0.302 e. The SMILES string of the molecule is COc1ccc(CCNC(=O)c2coc(NC(=O)c3ccco3)n2)cc1OC. The second-order valence-electron chi connectivity index (χ2n) is 5.66. The lowest BCUT2D eigenvalue weighted by atomic mass is 10.1. The molecule has 0 bridgehead atoms. The zero-order chi connectivity index (χ0) is 19.9. The van der Waals surface area contributed by atoms with Crippen LogP contribution in [-0.2, 0) is 6.42 Å². The molecule has 146 valence electrons. The summed E-state index contributed by atoms with van der Waals surface area (Å²) in [6.45, 7) is 0.384. The van der Waals surface area contributed by atoms with E-state index in [0.717, 1.165) is 5.56 Å². The largest absolute Gasteiger partial charge is 0.493 e. The Labute approximate surface area is 160 Å². The van der Waals surface area contributed by atoms with Crippen LogP contribution in [0.2, 0.25) is 0 Å². The number of aromatic nitrogens is 1. The van der Waals surface area contributed by atoms with E-state index in [-0.39, 0.29) is 17.5 Å². The van der Waals surface area contributed by atoms with Gasteiger partial charge in [-0.3, -0.25) is 14.9 Å². The molecule has 9 heteroatoms. The molecule has 2 N–H and O–H groups in total. The van der Waals surface area contributed by atoms with E-state index in [1.807, 2.05) is 18.2 Å². The summed E-state index contributed by atoms with van der Waals surface area (Å²) >= 11 is 0. The molecule has 2 heterocycles. The smallest absolute Gasteiger partial charge is 0.302 e. The Morgan fingerprint density at radius 1 is 1.07 bits per heavy atom. The van der Waals surface area contributed by atoms with Gasteiger partial charge < -0.3 is 23.6 Å². The number of hydrogen-bond donors (Lipinski definition) is 2. The highest BCUT2D eigenvalue weighted by molar-refractivity contribution is 6.01. The van der Waals surface area contributed by atoms with Gasteiger partial charge in [-0.25, -0.2) is 0 Å². The highest BCUT2D eigenvalue weighted by Crippen LogP contribution is 2.27. The van der Waals surface area contributed by atoms with Gasteiger partial charge in [0, 0.05) is 6.54 Å². The third kappa shape index (κ3) is 4.50. The second-order valence-corrected chi connectivity index (χ2v) is 5.66. The number of hydrogen-bond acceptors (Lipinski definition) is 7. The molecule has 0 aliphatic carbocycles. The number of benzene rings is 1. The van der Waals surface area contributed by atoms with Crippen molar-refractivity contribution in [1.29, 1.82) is 0 Å². The minimum Gasteiger partial charge on any atom is -0.493 e. The Kier molecular flexibility index (Phi) is 5.95. The molecule has 28 heavy (non-hydrogen) atoms. The first-order valence-corrected chi connectivity index (χ1v) is 8.40. The van der Waals surface area contributed by atoms with Crippen LogP contribution in [0.15, 0.2) is 51.7 Å². The van der Waals surface area contributed by atoms with Crippen LogP contribution < -0.4 is 20.1 Å². The molecule has 2 aromatic heterocycles. The number of rotatable bonds is 8. The van der Waals surface area contributed by atoms with Gasteiger partial charge in [0.1, 0.15) is 6.26 Å². The zero-order valence-corrected chi connectivity index (χ0v) is 15.4. The van der Waals surface area contributed by atoms with E-state index in [0.29, 0.717) is 24.5 Å². The molecule has 2 amide bonds. The second kappa shape index (κ2) is 8.76. The van der Waals surface area contributed by atoms with Gasteiger partial charge in [0.05, 0.1) is 20.5 Å². The van der Waals surface area contributed by atoms with Crippen molar-refractivity contribution >= 4 is 17.8 Å². The maximum atomic E-state index is 12.2. The van der Waals surface area contributed by atoms with Gasteiger partial charge >= 0.3 is 6.01 Å². The molecular weight excluding hydrogens is 366 g/mol. The van der Waals surface area contributed by atoms with Gasteiger partial charge in [0.15, 0.2) is 23.0 Å². The molecule has 9 nitrogen and oxygen atoms in total. The Balaban J connectivity index is 1.51. The summed E-state index contributed by atoms with van der Waals surface area (Å²) < 4.78 is 20.5. The van der Waals surface area contributed by atoms with Crippen LogP contribution in [0.4, 0.5) is 6.01 Å². The van der Waals surface area contributed by atoms with Crippen molar-refractivity contribution in [3.8, 4) is 11.5 Å². The molecule has 0 aliphatic rings. The topological polar surface area (TPSA) is 116 Å². The minimum atomic E-state index is -0.521. The van der Waals surface area contributed by atoms with Crippen molar-refractivity contribution in [3.63, 3.8) is 0 Å². The van der Waals surface area contributed by atoms with Crippen LogP contribution in [-0.4, -0.2) is 37.6 Å². The maximum absolute atomic E-state index is 12.2. The van der Waals surface area contributed by atoms with Gasteiger partial charge in [-0.05, 0) is 36.2 Å². The van der Waals surface area contributed by atoms with Crippen molar-refractivity contribution in [3.05, 3.63) is 59.9 Å². The summed E-state index contributed by atoms with van der Waals surface area (Å²) in [6.07, 6.45) is 3.14. The van der Waals surface area contributed by atoms with Crippen molar-refractivity contribution < 1.29 is 27.9 Å². The van der Waals surface area contributed by atoms with Gasteiger partial charge in [-0.1, -0.05) is 6.07 Å². The van der Waals surface area contributed by atoms with Crippen LogP contribution in [0.1, 0.15) is 26.6 Å². The summed E-state index contributed by atoms with van der Waals surface area (Å²) in [6, 6.07) is 8.55. The molecule has 1 aromatic carbocycles. The average Bonchev–Trinajstić information content (AvgIpc) is 3.40. The fourth-order valence-corrected chi connectivity index (χ4v) is 2.45. The van der Waals surface area contributed by atoms with Crippen molar-refractivity contribution in [1.82, 2.24) is 10.3 Å². The molecule has 0 saturated heterocycles. The lowest BCUT2D eigenvalue weighted by Gasteiger charge is -2.09. The summed E-state index contributed by atoms with van der Waals surface area (Å²) in [5.74, 6) is 0.441. The van der Waals surface area contributed by atoms with Gasteiger partial charge in [0.2, 0.25) is 0 Å². The highest BCUT2D eigenvalue weighted by Gasteiger charge is 2.16. The van der Waals surface area contributed by atoms with Gasteiger partial charge in [0.25, 0.3) is 11.8 Å². The third-order valence-electron chi connectivity index (χ3n) is 3.85. The number of ether oxygens (including phenoxy) is 2. The number of nitrogens with one attached hydrogen (secondary N) is 2. The normalized spacial score (nSPS) is 10.4. The number of carbonyl (C=O) groups is 2. The molecule has 0 spiro atoms. The van der Waals surface area contributed by atoms with Crippen LogP contribution in [0, 0.1) is 0 Å². The molecular formula is C19H19N3O6. The Hall–Kier alpha value is -3.75. The number of furan rings is 1. The summed E-state index contributed by atoms with van der Waals surface area (Å²) in [7, 11) is 3.14. The van der Waals surface area contributed by atoms with E-state index in [1.165, 1.54) is 18.6 Å². The zero-order valence-electron chi connectivity index (χ0n) is 15.4. The van der Waals surface area contributed by atoms with E-state index in [1.54, 1.807) is 20.3 Å². The minimum absolute atomic E-state index is 0.0575. The lowest BCUT2D eigenvalue weighted by Crippen LogP contribution is -2.26. The number of oxazole rings is 1. The van der Waals surface area contributed by atoms with Crippen molar-refractivity contribution in [2.75, 3.05) is 26.1 Å². The Bertz CT molecular complexity index is 948. The fraction of sp³-hybridized carbons (Fsp3) is 0.211. The average molecular weight is 385 g/mol. The van der Waals surface area contributed by atoms with E-state index >= 15 is 0 Å². The third-order valence-corrected chi connectivity index (χ3v) is 3.85. The van der Waals surface area contributed by atoms with Crippen molar-refractivity contribution in [2.45, 2.75) is 6.42 Å². The fourth-order valence-electron chi connectivity index (χ4n) is 2.45. The number of carbonyl (C=O) groups excluding carboxylic acids is 2. The Morgan fingerprint density at radius 2 is 1.89 bits per heavy atom.